The van der Waals surface area contributed by atoms with Gasteiger partial charge >= 0.3 is 6.18 Å². The van der Waals surface area contributed by atoms with Gasteiger partial charge in [0.25, 0.3) is 0 Å². The molecule has 1 unspecified atom stereocenters. The van der Waals surface area contributed by atoms with E-state index in [2.05, 4.69) is 0 Å². The molecule has 1 atom stereocenters. The van der Waals surface area contributed by atoms with Crippen LogP contribution in [0.1, 0.15) is 13.3 Å². The molecule has 0 aliphatic heterocycles. The molecule has 4 nitrogen and oxygen atoms in total. The minimum absolute atomic E-state index is 0.572. The molecule has 15 heavy (non-hydrogen) atoms. The molecule has 0 aromatic carbocycles. The number of nitrogens with zero attached hydrogens (tertiary/aromatic N) is 1. The van der Waals surface area contributed by atoms with E-state index in [4.69, 9.17) is 0 Å². The fourth-order valence-corrected chi connectivity index (χ4v) is 2.19. The van der Waals surface area contributed by atoms with Crippen molar-refractivity contribution >= 4 is 15.7 Å². The normalized spacial score (nSPS) is 14.8. The van der Waals surface area contributed by atoms with Gasteiger partial charge in [-0.05, 0) is 0 Å². The summed E-state index contributed by atoms with van der Waals surface area (Å²) in [5.74, 6) is -0.727. The molecule has 0 N–H and O–H groups in total. The van der Waals surface area contributed by atoms with Gasteiger partial charge in [-0.2, -0.15) is 13.2 Å². The van der Waals surface area contributed by atoms with Crippen molar-refractivity contribution < 1.29 is 26.4 Å². The van der Waals surface area contributed by atoms with Crippen molar-refractivity contribution in [3.63, 3.8) is 0 Å². The van der Waals surface area contributed by atoms with Gasteiger partial charge in [0, 0.05) is 20.2 Å². The lowest BCUT2D eigenvalue weighted by Crippen LogP contribution is -2.43. The lowest BCUT2D eigenvalue weighted by Gasteiger charge is -2.26. The molecule has 0 saturated carbocycles. The number of sulfone groups is 1. The molecular weight excluding hydrogens is 235 g/mol. The second-order valence-corrected chi connectivity index (χ2v) is 5.44. The van der Waals surface area contributed by atoms with E-state index in [1.54, 1.807) is 0 Å². The van der Waals surface area contributed by atoms with Crippen molar-refractivity contribution in [3.8, 4) is 0 Å². The minimum atomic E-state index is -4.63. The number of halogens is 3. The number of hydrogen-bond acceptors (Lipinski definition) is 3. The highest BCUT2D eigenvalue weighted by Crippen LogP contribution is 2.26. The van der Waals surface area contributed by atoms with Crippen LogP contribution < -0.4 is 0 Å². The summed E-state index contributed by atoms with van der Waals surface area (Å²) < 4.78 is 58.3. The van der Waals surface area contributed by atoms with Gasteiger partial charge in [-0.15, -0.1) is 0 Å². The predicted octanol–water partition coefficient (Wildman–Crippen LogP) is 0.788. The second kappa shape index (κ2) is 4.38. The van der Waals surface area contributed by atoms with Gasteiger partial charge in [-0.3, -0.25) is 4.79 Å². The summed E-state index contributed by atoms with van der Waals surface area (Å²) in [5.41, 5.74) is 0. The van der Waals surface area contributed by atoms with E-state index in [9.17, 15) is 26.4 Å². The summed E-state index contributed by atoms with van der Waals surface area (Å²) in [7, 11) is -2.93. The van der Waals surface area contributed by atoms with Gasteiger partial charge in [0.1, 0.15) is 5.37 Å². The molecule has 0 rings (SSSR count). The minimum Gasteiger partial charge on any atom is -0.329 e. The molecule has 0 aromatic rings. The monoisotopic (exact) mass is 247 g/mol. The molecule has 0 aliphatic carbocycles. The molecule has 0 aliphatic rings. The first-order valence-corrected chi connectivity index (χ1v) is 5.89. The molecule has 0 bridgehead atoms. The van der Waals surface area contributed by atoms with Crippen LogP contribution >= 0.6 is 0 Å². The maximum Gasteiger partial charge on any atom is 0.392 e. The lowest BCUT2D eigenvalue weighted by molar-refractivity contribution is -0.146. The summed E-state index contributed by atoms with van der Waals surface area (Å²) in [6.45, 7) is 1.01. The number of hydrogen-bond donors (Lipinski definition) is 0. The van der Waals surface area contributed by atoms with Gasteiger partial charge < -0.3 is 4.90 Å². The SMILES string of the molecule is CC(=O)N(C)C(CC(F)(F)F)S(C)(=O)=O. The number of rotatable bonds is 3. The maximum absolute atomic E-state index is 12.1. The summed E-state index contributed by atoms with van der Waals surface area (Å²) in [6.07, 6.45) is -5.51. The van der Waals surface area contributed by atoms with Gasteiger partial charge in [0.2, 0.25) is 5.91 Å². The van der Waals surface area contributed by atoms with E-state index >= 15 is 0 Å². The Morgan fingerprint density at radius 2 is 1.80 bits per heavy atom. The average Bonchev–Trinajstić information content (AvgIpc) is 1.94. The van der Waals surface area contributed by atoms with Crippen molar-refractivity contribution in [1.82, 2.24) is 4.90 Å². The Labute approximate surface area is 86.0 Å². The van der Waals surface area contributed by atoms with Crippen LogP contribution in [0.5, 0.6) is 0 Å². The van der Waals surface area contributed by atoms with Crippen LogP contribution in [0.4, 0.5) is 13.2 Å². The quantitative estimate of drug-likeness (QED) is 0.740. The molecule has 0 spiro atoms. The predicted molar refractivity (Wildman–Crippen MR) is 47.7 cm³/mol. The number of carbonyl (C=O) groups is 1. The summed E-state index contributed by atoms with van der Waals surface area (Å²) in [4.78, 5) is 11.4. The first-order chi connectivity index (χ1) is 6.45. The van der Waals surface area contributed by atoms with Crippen LogP contribution in [-0.4, -0.2) is 44.1 Å². The molecule has 0 heterocycles. The number of amides is 1. The topological polar surface area (TPSA) is 54.5 Å². The lowest BCUT2D eigenvalue weighted by atomic mass is 10.4. The Morgan fingerprint density at radius 1 is 1.40 bits per heavy atom. The van der Waals surface area contributed by atoms with Crippen LogP contribution in [0.15, 0.2) is 0 Å². The molecule has 1 amide bonds. The summed E-state index contributed by atoms with van der Waals surface area (Å²) in [5, 5.41) is -1.85. The fourth-order valence-electron chi connectivity index (χ4n) is 0.976. The maximum atomic E-state index is 12.1. The smallest absolute Gasteiger partial charge is 0.329 e. The Kier molecular flexibility index (Phi) is 4.15. The molecule has 90 valence electrons. The van der Waals surface area contributed by atoms with E-state index in [1.807, 2.05) is 0 Å². The molecular formula is C7H12F3NO3S. The second-order valence-electron chi connectivity index (χ2n) is 3.23. The largest absolute Gasteiger partial charge is 0.392 e. The van der Waals surface area contributed by atoms with Gasteiger partial charge in [0.05, 0.1) is 6.42 Å². The third-order valence-corrected chi connectivity index (χ3v) is 3.30. The van der Waals surface area contributed by atoms with Crippen molar-refractivity contribution in [1.29, 1.82) is 0 Å². The first kappa shape index (κ1) is 14.2. The zero-order valence-electron chi connectivity index (χ0n) is 8.50. The van der Waals surface area contributed by atoms with Crippen LogP contribution in [0.25, 0.3) is 0 Å². The van der Waals surface area contributed by atoms with Crippen molar-refractivity contribution in [3.05, 3.63) is 0 Å². The van der Waals surface area contributed by atoms with Crippen LogP contribution in [0, 0.1) is 0 Å². The Bertz CT molecular complexity index is 336. The zero-order chi connectivity index (χ0) is 12.4. The highest BCUT2D eigenvalue weighted by molar-refractivity contribution is 7.91. The van der Waals surface area contributed by atoms with Crippen LogP contribution in [0.3, 0.4) is 0 Å². The zero-order valence-corrected chi connectivity index (χ0v) is 9.32. The summed E-state index contributed by atoms with van der Waals surface area (Å²) in [6, 6.07) is 0. The van der Waals surface area contributed by atoms with Crippen molar-refractivity contribution in [2.24, 2.45) is 0 Å². The third-order valence-electron chi connectivity index (χ3n) is 1.83. The third kappa shape index (κ3) is 5.01. The number of alkyl halides is 3. The molecule has 0 saturated heterocycles. The van der Waals surface area contributed by atoms with Crippen molar-refractivity contribution in [2.75, 3.05) is 13.3 Å². The Balaban J connectivity index is 5.01. The highest BCUT2D eigenvalue weighted by Gasteiger charge is 2.39. The van der Waals surface area contributed by atoms with E-state index in [-0.39, 0.29) is 0 Å². The molecule has 0 aromatic heterocycles. The standard InChI is InChI=1S/C7H12F3NO3S/c1-5(12)11(2)6(15(3,13)14)4-7(8,9)10/h6H,4H2,1-3H3. The summed E-state index contributed by atoms with van der Waals surface area (Å²) >= 11 is 0. The molecule has 0 radical (unpaired) electrons. The van der Waals surface area contributed by atoms with E-state index in [0.717, 1.165) is 14.0 Å². The van der Waals surface area contributed by atoms with Crippen molar-refractivity contribution in [2.45, 2.75) is 24.9 Å². The van der Waals surface area contributed by atoms with E-state index < -0.39 is 33.7 Å². The van der Waals surface area contributed by atoms with Crippen LogP contribution in [-0.2, 0) is 14.6 Å². The average molecular weight is 247 g/mol. The van der Waals surface area contributed by atoms with E-state index in [1.165, 1.54) is 0 Å². The van der Waals surface area contributed by atoms with Gasteiger partial charge in [-0.25, -0.2) is 8.42 Å². The molecule has 8 heteroatoms. The van der Waals surface area contributed by atoms with E-state index in [0.29, 0.717) is 11.2 Å². The van der Waals surface area contributed by atoms with Gasteiger partial charge in [-0.1, -0.05) is 0 Å². The molecule has 0 fully saturated rings. The fraction of sp³-hybridized carbons (Fsp3) is 0.857. The number of carbonyl (C=O) groups excluding carboxylic acids is 1. The highest BCUT2D eigenvalue weighted by atomic mass is 32.2. The Hall–Kier alpha value is -0.790. The van der Waals surface area contributed by atoms with Gasteiger partial charge in [0.15, 0.2) is 9.84 Å². The Morgan fingerprint density at radius 3 is 2.00 bits per heavy atom. The van der Waals surface area contributed by atoms with Crippen LogP contribution in [0.2, 0.25) is 0 Å². The first-order valence-electron chi connectivity index (χ1n) is 3.94.